The SMILES string of the molecule is Clc1cccnc1C1=NOC2(CCNCC2)C1. The second-order valence-corrected chi connectivity index (χ2v) is 4.98. The van der Waals surface area contributed by atoms with Crippen molar-refractivity contribution < 1.29 is 4.84 Å². The zero-order valence-electron chi connectivity index (χ0n) is 9.45. The number of oxime groups is 1. The van der Waals surface area contributed by atoms with Crippen LogP contribution in [0.3, 0.4) is 0 Å². The van der Waals surface area contributed by atoms with Gasteiger partial charge in [0, 0.05) is 25.5 Å². The summed E-state index contributed by atoms with van der Waals surface area (Å²) in [6.07, 6.45) is 4.53. The van der Waals surface area contributed by atoms with Crippen molar-refractivity contribution in [3.05, 3.63) is 29.0 Å². The fourth-order valence-electron chi connectivity index (χ4n) is 2.40. The smallest absolute Gasteiger partial charge is 0.145 e. The third kappa shape index (κ3) is 2.03. The summed E-state index contributed by atoms with van der Waals surface area (Å²) in [5, 5.41) is 8.15. The Morgan fingerprint density at radius 2 is 2.18 bits per heavy atom. The average Bonchev–Trinajstić information content (AvgIpc) is 2.74. The number of piperidine rings is 1. The highest BCUT2D eigenvalue weighted by molar-refractivity contribution is 6.33. The van der Waals surface area contributed by atoms with Gasteiger partial charge in [-0.25, -0.2) is 0 Å². The number of nitrogens with zero attached hydrogens (tertiary/aromatic N) is 2. The van der Waals surface area contributed by atoms with Gasteiger partial charge in [0.05, 0.1) is 5.02 Å². The van der Waals surface area contributed by atoms with Gasteiger partial charge in [0.1, 0.15) is 17.0 Å². The van der Waals surface area contributed by atoms with Crippen LogP contribution in [0.4, 0.5) is 0 Å². The van der Waals surface area contributed by atoms with Crippen LogP contribution in [0.5, 0.6) is 0 Å². The molecule has 1 aromatic heterocycles. The van der Waals surface area contributed by atoms with Gasteiger partial charge in [0.25, 0.3) is 0 Å². The van der Waals surface area contributed by atoms with Gasteiger partial charge in [-0.15, -0.1) is 0 Å². The second-order valence-electron chi connectivity index (χ2n) is 4.57. The van der Waals surface area contributed by atoms with Crippen LogP contribution in [0.2, 0.25) is 5.02 Å². The van der Waals surface area contributed by atoms with Gasteiger partial charge >= 0.3 is 0 Å². The van der Waals surface area contributed by atoms with Gasteiger partial charge in [-0.3, -0.25) is 4.98 Å². The molecule has 1 fully saturated rings. The van der Waals surface area contributed by atoms with Crippen molar-refractivity contribution in [1.29, 1.82) is 0 Å². The minimum absolute atomic E-state index is 0.124. The van der Waals surface area contributed by atoms with Crippen molar-refractivity contribution in [3.8, 4) is 0 Å². The van der Waals surface area contributed by atoms with E-state index in [1.54, 1.807) is 6.20 Å². The first-order valence-corrected chi connectivity index (χ1v) is 6.24. The Kier molecular flexibility index (Phi) is 2.76. The second kappa shape index (κ2) is 4.27. The Labute approximate surface area is 105 Å². The first-order chi connectivity index (χ1) is 8.29. The van der Waals surface area contributed by atoms with Crippen molar-refractivity contribution in [3.63, 3.8) is 0 Å². The molecule has 0 amide bonds. The zero-order chi connectivity index (χ0) is 11.7. The molecular formula is C12H14ClN3O. The van der Waals surface area contributed by atoms with Crippen molar-refractivity contribution in [2.24, 2.45) is 5.16 Å². The molecule has 90 valence electrons. The van der Waals surface area contributed by atoms with Crippen LogP contribution in [0.15, 0.2) is 23.5 Å². The summed E-state index contributed by atoms with van der Waals surface area (Å²) >= 11 is 6.12. The van der Waals surface area contributed by atoms with Crippen LogP contribution in [0.25, 0.3) is 0 Å². The van der Waals surface area contributed by atoms with Crippen LogP contribution in [-0.2, 0) is 4.84 Å². The fourth-order valence-corrected chi connectivity index (χ4v) is 2.63. The molecule has 4 nitrogen and oxygen atoms in total. The Bertz CT molecular complexity index is 455. The molecule has 2 aliphatic heterocycles. The highest BCUT2D eigenvalue weighted by Crippen LogP contribution is 2.34. The van der Waals surface area contributed by atoms with E-state index in [1.165, 1.54) is 0 Å². The van der Waals surface area contributed by atoms with Gasteiger partial charge in [-0.05, 0) is 25.2 Å². The minimum atomic E-state index is -0.124. The Morgan fingerprint density at radius 3 is 2.94 bits per heavy atom. The molecule has 3 heterocycles. The van der Waals surface area contributed by atoms with Crippen LogP contribution in [0, 0.1) is 0 Å². The lowest BCUT2D eigenvalue weighted by Gasteiger charge is -2.30. The van der Waals surface area contributed by atoms with E-state index in [1.807, 2.05) is 12.1 Å². The quantitative estimate of drug-likeness (QED) is 0.830. The predicted octanol–water partition coefficient (Wildman–Crippen LogP) is 1.98. The molecular weight excluding hydrogens is 238 g/mol. The van der Waals surface area contributed by atoms with Gasteiger partial charge in [-0.2, -0.15) is 0 Å². The molecule has 1 spiro atoms. The molecule has 0 saturated carbocycles. The largest absolute Gasteiger partial charge is 0.388 e. The molecule has 17 heavy (non-hydrogen) atoms. The molecule has 1 aromatic rings. The lowest BCUT2D eigenvalue weighted by Crippen LogP contribution is -2.42. The van der Waals surface area contributed by atoms with Crippen LogP contribution in [-0.4, -0.2) is 29.4 Å². The number of hydrogen-bond donors (Lipinski definition) is 1. The van der Waals surface area contributed by atoms with E-state index >= 15 is 0 Å². The van der Waals surface area contributed by atoms with Crippen LogP contribution in [0.1, 0.15) is 25.0 Å². The molecule has 3 rings (SSSR count). The van der Waals surface area contributed by atoms with Crippen molar-refractivity contribution in [2.45, 2.75) is 24.9 Å². The molecule has 5 heteroatoms. The van der Waals surface area contributed by atoms with E-state index in [2.05, 4.69) is 15.5 Å². The summed E-state index contributed by atoms with van der Waals surface area (Å²) in [6.45, 7) is 1.97. The van der Waals surface area contributed by atoms with E-state index < -0.39 is 0 Å². The third-order valence-electron chi connectivity index (χ3n) is 3.39. The summed E-state index contributed by atoms with van der Waals surface area (Å²) in [7, 11) is 0. The summed E-state index contributed by atoms with van der Waals surface area (Å²) in [5.41, 5.74) is 1.50. The highest BCUT2D eigenvalue weighted by atomic mass is 35.5. The summed E-state index contributed by atoms with van der Waals surface area (Å²) < 4.78 is 0. The first kappa shape index (κ1) is 11.0. The number of rotatable bonds is 1. The van der Waals surface area contributed by atoms with Gasteiger partial charge in [-0.1, -0.05) is 16.8 Å². The number of hydrogen-bond acceptors (Lipinski definition) is 4. The fraction of sp³-hybridized carbons (Fsp3) is 0.500. The molecule has 1 N–H and O–H groups in total. The normalized spacial score (nSPS) is 22.3. The number of pyridine rings is 1. The van der Waals surface area contributed by atoms with E-state index in [0.717, 1.165) is 43.8 Å². The lowest BCUT2D eigenvalue weighted by molar-refractivity contribution is -0.0400. The van der Waals surface area contributed by atoms with Crippen molar-refractivity contribution in [2.75, 3.05) is 13.1 Å². The monoisotopic (exact) mass is 251 g/mol. The molecule has 0 unspecified atom stereocenters. The molecule has 0 radical (unpaired) electrons. The van der Waals surface area contributed by atoms with E-state index in [4.69, 9.17) is 16.4 Å². The lowest BCUT2D eigenvalue weighted by atomic mass is 9.87. The van der Waals surface area contributed by atoms with E-state index in [0.29, 0.717) is 5.02 Å². The molecule has 0 atom stereocenters. The standard InChI is InChI=1S/C12H14ClN3O/c13-9-2-1-5-15-11(9)10-8-12(17-16-10)3-6-14-7-4-12/h1-2,5,14H,3-4,6-8H2. The van der Waals surface area contributed by atoms with Crippen molar-refractivity contribution >= 4 is 17.3 Å². The maximum atomic E-state index is 6.12. The summed E-state index contributed by atoms with van der Waals surface area (Å²) in [5.74, 6) is 0. The minimum Gasteiger partial charge on any atom is -0.388 e. The predicted molar refractivity (Wildman–Crippen MR) is 66.3 cm³/mol. The molecule has 0 bridgehead atoms. The molecule has 2 aliphatic rings. The zero-order valence-corrected chi connectivity index (χ0v) is 10.2. The molecule has 0 aromatic carbocycles. The third-order valence-corrected chi connectivity index (χ3v) is 3.69. The van der Waals surface area contributed by atoms with E-state index in [-0.39, 0.29) is 5.60 Å². The topological polar surface area (TPSA) is 46.5 Å². The Morgan fingerprint density at radius 1 is 1.35 bits per heavy atom. The average molecular weight is 252 g/mol. The van der Waals surface area contributed by atoms with Gasteiger partial charge < -0.3 is 10.2 Å². The maximum Gasteiger partial charge on any atom is 0.145 e. The van der Waals surface area contributed by atoms with Crippen LogP contribution >= 0.6 is 11.6 Å². The first-order valence-electron chi connectivity index (χ1n) is 5.86. The van der Waals surface area contributed by atoms with E-state index in [9.17, 15) is 0 Å². The maximum absolute atomic E-state index is 6.12. The van der Waals surface area contributed by atoms with Gasteiger partial charge in [0.2, 0.25) is 0 Å². The molecule has 0 aliphatic carbocycles. The van der Waals surface area contributed by atoms with Crippen molar-refractivity contribution in [1.82, 2.24) is 10.3 Å². The Balaban J connectivity index is 1.81. The highest BCUT2D eigenvalue weighted by Gasteiger charge is 2.41. The summed E-state index contributed by atoms with van der Waals surface area (Å²) in [6, 6.07) is 3.66. The number of halogens is 1. The van der Waals surface area contributed by atoms with Crippen LogP contribution < -0.4 is 5.32 Å². The summed E-state index contributed by atoms with van der Waals surface area (Å²) in [4.78, 5) is 9.93. The van der Waals surface area contributed by atoms with Gasteiger partial charge in [0.15, 0.2) is 0 Å². The number of aromatic nitrogens is 1. The Hall–Kier alpha value is -1.13. The number of nitrogens with one attached hydrogen (secondary N) is 1. The molecule has 1 saturated heterocycles.